The van der Waals surface area contributed by atoms with E-state index >= 15 is 0 Å². The molecule has 0 saturated carbocycles. The third kappa shape index (κ3) is 7.57. The van der Waals surface area contributed by atoms with Gasteiger partial charge in [0.1, 0.15) is 12.1 Å². The summed E-state index contributed by atoms with van der Waals surface area (Å²) in [5, 5.41) is 14.7. The summed E-state index contributed by atoms with van der Waals surface area (Å²) in [6, 6.07) is 16.3. The topological polar surface area (TPSA) is 126 Å². The number of nitro groups is 1. The molecule has 1 aliphatic rings. The number of aromatic nitrogens is 2. The number of ether oxygens (including phenoxy) is 2. The molecule has 3 aromatic rings. The number of aryl methyl sites for hydroxylation is 4. The maximum atomic E-state index is 13.6. The molecule has 0 unspecified atom stereocenters. The average Bonchev–Trinajstić information content (AvgIpc) is 3.35. The van der Waals surface area contributed by atoms with Crippen LogP contribution in [0.2, 0.25) is 0 Å². The molecule has 0 fully saturated rings. The zero-order chi connectivity index (χ0) is 31.1. The van der Waals surface area contributed by atoms with Crippen molar-refractivity contribution in [3.63, 3.8) is 0 Å². The Morgan fingerprint density at radius 1 is 0.837 bits per heavy atom. The maximum absolute atomic E-state index is 13.6. The predicted octanol–water partition coefficient (Wildman–Crippen LogP) is 5.53. The van der Waals surface area contributed by atoms with E-state index in [2.05, 4.69) is 10.3 Å². The fourth-order valence-electron chi connectivity index (χ4n) is 5.19. The summed E-state index contributed by atoms with van der Waals surface area (Å²) in [4.78, 5) is 42.5. The van der Waals surface area contributed by atoms with E-state index in [0.717, 1.165) is 30.2 Å². The van der Waals surface area contributed by atoms with Crippen LogP contribution in [-0.4, -0.2) is 39.6 Å². The van der Waals surface area contributed by atoms with Gasteiger partial charge in [-0.05, 0) is 69.4 Å². The van der Waals surface area contributed by atoms with Crippen LogP contribution in [0.1, 0.15) is 60.7 Å². The number of benzene rings is 2. The molecule has 0 amide bonds. The van der Waals surface area contributed by atoms with Crippen molar-refractivity contribution < 1.29 is 24.0 Å². The molecule has 0 atom stereocenters. The molecule has 4 rings (SSSR count). The van der Waals surface area contributed by atoms with E-state index in [9.17, 15) is 19.7 Å². The fraction of sp³-hybridized carbons (Fsp3) is 0.364. The van der Waals surface area contributed by atoms with Crippen molar-refractivity contribution in [3.8, 4) is 0 Å². The second-order valence-electron chi connectivity index (χ2n) is 10.9. The molecular weight excluding hydrogens is 548 g/mol. The lowest BCUT2D eigenvalue weighted by atomic mass is 9.84. The number of rotatable bonds is 12. The van der Waals surface area contributed by atoms with E-state index < -0.39 is 22.8 Å². The van der Waals surface area contributed by atoms with Crippen LogP contribution in [0.15, 0.2) is 77.3 Å². The Labute approximate surface area is 251 Å². The highest BCUT2D eigenvalue weighted by molar-refractivity contribution is 5.99. The molecule has 10 heteroatoms. The van der Waals surface area contributed by atoms with Gasteiger partial charge in [-0.2, -0.15) is 0 Å². The number of carbonyl (C=O) groups is 2. The lowest BCUT2D eigenvalue weighted by Gasteiger charge is -2.28. The molecule has 0 radical (unpaired) electrons. The smallest absolute Gasteiger partial charge is 0.342 e. The number of dihydropyridines is 1. The quantitative estimate of drug-likeness (QED) is 0.127. The van der Waals surface area contributed by atoms with Crippen molar-refractivity contribution in [2.45, 2.75) is 59.3 Å². The molecule has 1 aromatic heterocycles. The molecule has 2 heterocycles. The van der Waals surface area contributed by atoms with Crippen LogP contribution in [0.5, 0.6) is 0 Å². The van der Waals surface area contributed by atoms with Gasteiger partial charge in [0.05, 0.1) is 31.4 Å². The van der Waals surface area contributed by atoms with Gasteiger partial charge in [0.25, 0.3) is 0 Å². The van der Waals surface area contributed by atoms with Crippen molar-refractivity contribution in [1.82, 2.24) is 14.9 Å². The molecule has 43 heavy (non-hydrogen) atoms. The van der Waals surface area contributed by atoms with Gasteiger partial charge in [-0.3, -0.25) is 0 Å². The van der Waals surface area contributed by atoms with Crippen molar-refractivity contribution in [3.05, 3.63) is 115 Å². The summed E-state index contributed by atoms with van der Waals surface area (Å²) in [5.41, 5.74) is 5.91. The zero-order valence-electron chi connectivity index (χ0n) is 25.3. The first-order valence-corrected chi connectivity index (χ1v) is 14.4. The van der Waals surface area contributed by atoms with E-state index in [0.29, 0.717) is 24.2 Å². The van der Waals surface area contributed by atoms with Gasteiger partial charge in [-0.25, -0.2) is 19.1 Å². The summed E-state index contributed by atoms with van der Waals surface area (Å²) in [7, 11) is 1.49. The van der Waals surface area contributed by atoms with Crippen LogP contribution in [0.3, 0.4) is 0 Å². The standard InChI is InChI=1S/C33H38N4O6/c1-21-10-14-25(15-11-21)8-6-18-42-32(38)28-23(3)35-24(4)29(30(28)31-34-20-27(36(31)5)37(40)41)33(39)43-19-7-9-26-16-12-22(2)13-17-26/h10-17,20,30,35H,6-9,18-19H2,1-5H3. The minimum atomic E-state index is -1.02. The molecular formula is C33H38N4O6. The van der Waals surface area contributed by atoms with E-state index in [4.69, 9.17) is 9.47 Å². The lowest BCUT2D eigenvalue weighted by Crippen LogP contribution is -2.34. The summed E-state index contributed by atoms with van der Waals surface area (Å²) in [6.45, 7) is 7.80. The van der Waals surface area contributed by atoms with Crippen molar-refractivity contribution in [2.75, 3.05) is 13.2 Å². The second kappa shape index (κ2) is 14.0. The minimum absolute atomic E-state index is 0.163. The summed E-state index contributed by atoms with van der Waals surface area (Å²) in [5.74, 6) is -2.36. The normalized spacial score (nSPS) is 13.6. The van der Waals surface area contributed by atoms with E-state index in [1.165, 1.54) is 22.7 Å². The second-order valence-corrected chi connectivity index (χ2v) is 10.9. The van der Waals surface area contributed by atoms with Gasteiger partial charge < -0.3 is 24.9 Å². The molecule has 0 bridgehead atoms. The highest BCUT2D eigenvalue weighted by Crippen LogP contribution is 2.39. The molecule has 0 aliphatic carbocycles. The van der Waals surface area contributed by atoms with Crippen LogP contribution in [0.4, 0.5) is 5.82 Å². The molecule has 2 aromatic carbocycles. The zero-order valence-corrected chi connectivity index (χ0v) is 25.3. The summed E-state index contributed by atoms with van der Waals surface area (Å²) < 4.78 is 12.6. The van der Waals surface area contributed by atoms with E-state index in [-0.39, 0.29) is 36.0 Å². The highest BCUT2D eigenvalue weighted by Gasteiger charge is 2.42. The number of esters is 2. The summed E-state index contributed by atoms with van der Waals surface area (Å²) >= 11 is 0. The van der Waals surface area contributed by atoms with Gasteiger partial charge in [0.15, 0.2) is 0 Å². The van der Waals surface area contributed by atoms with Gasteiger partial charge in [-0.1, -0.05) is 59.7 Å². The van der Waals surface area contributed by atoms with Crippen molar-refractivity contribution in [2.24, 2.45) is 7.05 Å². The van der Waals surface area contributed by atoms with Gasteiger partial charge in [-0.15, -0.1) is 0 Å². The van der Waals surface area contributed by atoms with Crippen LogP contribution in [0, 0.1) is 24.0 Å². The minimum Gasteiger partial charge on any atom is -0.462 e. The lowest BCUT2D eigenvalue weighted by molar-refractivity contribution is -0.391. The average molecular weight is 587 g/mol. The van der Waals surface area contributed by atoms with Crippen molar-refractivity contribution >= 4 is 17.8 Å². The molecule has 226 valence electrons. The first-order valence-electron chi connectivity index (χ1n) is 14.4. The maximum Gasteiger partial charge on any atom is 0.342 e. The van der Waals surface area contributed by atoms with Crippen molar-refractivity contribution in [1.29, 1.82) is 0 Å². The molecule has 0 spiro atoms. The van der Waals surface area contributed by atoms with Gasteiger partial charge in [0, 0.05) is 11.4 Å². The van der Waals surface area contributed by atoms with Crippen LogP contribution in [-0.2, 0) is 39.0 Å². The largest absolute Gasteiger partial charge is 0.462 e. The third-order valence-corrected chi connectivity index (χ3v) is 7.57. The molecule has 10 nitrogen and oxygen atoms in total. The Hall–Kier alpha value is -4.73. The number of nitrogens with zero attached hydrogens (tertiary/aromatic N) is 3. The Morgan fingerprint density at radius 2 is 1.28 bits per heavy atom. The number of hydrogen-bond donors (Lipinski definition) is 1. The third-order valence-electron chi connectivity index (χ3n) is 7.57. The fourth-order valence-corrected chi connectivity index (χ4v) is 5.19. The number of allylic oxidation sites excluding steroid dienone is 2. The number of hydrogen-bond acceptors (Lipinski definition) is 8. The monoisotopic (exact) mass is 586 g/mol. The Bertz CT molecular complexity index is 1460. The Balaban J connectivity index is 1.52. The Morgan fingerprint density at radius 3 is 1.67 bits per heavy atom. The number of imidazole rings is 1. The number of carbonyl (C=O) groups excluding carboxylic acids is 2. The predicted molar refractivity (Wildman–Crippen MR) is 162 cm³/mol. The molecule has 1 aliphatic heterocycles. The van der Waals surface area contributed by atoms with Crippen LogP contribution >= 0.6 is 0 Å². The first-order chi connectivity index (χ1) is 20.6. The van der Waals surface area contributed by atoms with E-state index in [1.54, 1.807) is 13.8 Å². The molecule has 1 N–H and O–H groups in total. The van der Waals surface area contributed by atoms with Crippen LogP contribution in [0.25, 0.3) is 0 Å². The van der Waals surface area contributed by atoms with Gasteiger partial charge >= 0.3 is 17.8 Å². The Kier molecular flexibility index (Phi) is 10.1. The van der Waals surface area contributed by atoms with Crippen LogP contribution < -0.4 is 5.32 Å². The SMILES string of the molecule is CC1=C(C(=O)OCCCc2ccc(C)cc2)C(c2ncc([N+](=O)[O-])n2C)C(C(=O)OCCCc2ccc(C)cc2)=C(C)N1. The first kappa shape index (κ1) is 31.2. The summed E-state index contributed by atoms with van der Waals surface area (Å²) in [6.07, 6.45) is 3.81. The molecule has 0 saturated heterocycles. The number of nitrogens with one attached hydrogen (secondary N) is 1. The highest BCUT2D eigenvalue weighted by atomic mass is 16.6. The van der Waals surface area contributed by atoms with Gasteiger partial charge in [0.2, 0.25) is 5.82 Å². The van der Waals surface area contributed by atoms with E-state index in [1.807, 2.05) is 62.4 Å².